The molecule has 0 unspecified atom stereocenters. The molecule has 4 aliphatic rings. The van der Waals surface area contributed by atoms with E-state index in [1.807, 2.05) is 0 Å². The maximum absolute atomic E-state index is 2.73. The van der Waals surface area contributed by atoms with Crippen molar-refractivity contribution in [1.29, 1.82) is 0 Å². The number of benzene rings is 9. The van der Waals surface area contributed by atoms with Crippen molar-refractivity contribution in [3.8, 4) is 11.1 Å². The van der Waals surface area contributed by atoms with E-state index >= 15 is 0 Å². The van der Waals surface area contributed by atoms with Crippen LogP contribution in [0.15, 0.2) is 176 Å². The van der Waals surface area contributed by atoms with Gasteiger partial charge in [-0.05, 0) is 210 Å². The third-order valence-electron chi connectivity index (χ3n) is 20.8. The molecule has 9 aromatic carbocycles. The minimum absolute atomic E-state index is 0.0129. The first kappa shape index (κ1) is 57.5. The van der Waals surface area contributed by atoms with Crippen molar-refractivity contribution < 1.29 is 0 Å². The van der Waals surface area contributed by atoms with E-state index in [0.29, 0.717) is 0 Å². The van der Waals surface area contributed by atoms with E-state index in [1.165, 1.54) is 129 Å². The molecule has 0 fully saturated rings. The lowest BCUT2D eigenvalue weighted by molar-refractivity contribution is 0.332. The molecular weight excluding hydrogens is 1040 g/mol. The average molecular weight is 1130 g/mol. The number of rotatable bonds is 6. The Kier molecular flexibility index (Phi) is 13.0. The molecule has 0 atom stereocenters. The Balaban J connectivity index is 1.15. The van der Waals surface area contributed by atoms with Gasteiger partial charge in [0.05, 0.1) is 5.69 Å². The maximum atomic E-state index is 2.73. The van der Waals surface area contributed by atoms with Crippen molar-refractivity contribution in [2.75, 3.05) is 14.7 Å². The summed E-state index contributed by atoms with van der Waals surface area (Å²) in [6, 6.07) is 69.5. The number of hydrogen-bond acceptors (Lipinski definition) is 3. The molecule has 2 aliphatic carbocycles. The largest absolute Gasteiger partial charge is 0.311 e. The molecule has 3 nitrogen and oxygen atoms in total. The highest BCUT2D eigenvalue weighted by atomic mass is 15.2. The molecule has 0 bridgehead atoms. The first-order valence-corrected chi connectivity index (χ1v) is 31.9. The smallest absolute Gasteiger partial charge is 0.252 e. The van der Waals surface area contributed by atoms with Crippen LogP contribution in [0.5, 0.6) is 0 Å². The second-order valence-corrected chi connectivity index (χ2v) is 31.5. The summed E-state index contributed by atoms with van der Waals surface area (Å²) in [6.07, 6.45) is 2.32. The molecule has 0 aromatic heterocycles. The Morgan fingerprint density at radius 2 is 0.826 bits per heavy atom. The summed E-state index contributed by atoms with van der Waals surface area (Å²) in [5.74, 6) is 0. The Morgan fingerprint density at radius 1 is 0.372 bits per heavy atom. The van der Waals surface area contributed by atoms with Crippen LogP contribution in [-0.2, 0) is 37.9 Å². The van der Waals surface area contributed by atoms with Gasteiger partial charge in [0.15, 0.2) is 0 Å². The quantitative estimate of drug-likeness (QED) is 0.154. The summed E-state index contributed by atoms with van der Waals surface area (Å²) >= 11 is 0. The fraction of sp³-hybridized carbons (Fsp3) is 0.341. The van der Waals surface area contributed by atoms with Crippen LogP contribution in [0.25, 0.3) is 11.1 Å². The van der Waals surface area contributed by atoms with Crippen molar-refractivity contribution in [3.63, 3.8) is 0 Å². The fourth-order valence-corrected chi connectivity index (χ4v) is 15.4. The minimum atomic E-state index is -0.257. The van der Waals surface area contributed by atoms with Crippen LogP contribution < -0.4 is 31.1 Å². The highest BCUT2D eigenvalue weighted by Gasteiger charge is 2.49. The molecule has 0 radical (unpaired) electrons. The zero-order chi connectivity index (χ0) is 61.2. The second kappa shape index (κ2) is 19.5. The van der Waals surface area contributed by atoms with Gasteiger partial charge >= 0.3 is 0 Å². The summed E-state index contributed by atoms with van der Waals surface area (Å²) in [4.78, 5) is 7.90. The van der Waals surface area contributed by atoms with Gasteiger partial charge in [-0.15, -0.1) is 0 Å². The van der Waals surface area contributed by atoms with Crippen molar-refractivity contribution in [2.24, 2.45) is 0 Å². The lowest BCUT2D eigenvalue weighted by atomic mass is 9.33. The number of aryl methyl sites for hydroxylation is 2. The van der Waals surface area contributed by atoms with Crippen LogP contribution in [-0.4, -0.2) is 6.71 Å². The van der Waals surface area contributed by atoms with Gasteiger partial charge in [0.1, 0.15) is 0 Å². The number of fused-ring (bicyclic) bond motifs is 7. The molecular formula is C82H90BN3. The Labute approximate surface area is 516 Å². The Bertz CT molecular complexity index is 4130. The summed E-state index contributed by atoms with van der Waals surface area (Å²) in [6.45, 7) is 45.2. The predicted octanol–water partition coefficient (Wildman–Crippen LogP) is 20.7. The summed E-state index contributed by atoms with van der Waals surface area (Å²) < 4.78 is 0. The van der Waals surface area contributed by atoms with Crippen LogP contribution >= 0.6 is 0 Å². The minimum Gasteiger partial charge on any atom is -0.311 e. The second-order valence-electron chi connectivity index (χ2n) is 31.5. The fourth-order valence-electron chi connectivity index (χ4n) is 15.4. The molecule has 0 saturated carbocycles. The molecule has 2 heterocycles. The van der Waals surface area contributed by atoms with Gasteiger partial charge in [-0.1, -0.05) is 221 Å². The Hall–Kier alpha value is -7.56. The highest BCUT2D eigenvalue weighted by molar-refractivity contribution is 7.00. The van der Waals surface area contributed by atoms with Crippen LogP contribution in [0.2, 0.25) is 0 Å². The van der Waals surface area contributed by atoms with E-state index in [9.17, 15) is 0 Å². The number of nitrogens with zero attached hydrogens (tertiary/aromatic N) is 3. The van der Waals surface area contributed by atoms with E-state index in [0.717, 1.165) is 23.5 Å². The lowest BCUT2D eigenvalue weighted by Gasteiger charge is -2.49. The lowest BCUT2D eigenvalue weighted by Crippen LogP contribution is -2.62. The molecule has 0 N–H and O–H groups in total. The van der Waals surface area contributed by atoms with Crippen LogP contribution in [0.3, 0.4) is 0 Å². The van der Waals surface area contributed by atoms with Gasteiger partial charge in [0, 0.05) is 61.9 Å². The zero-order valence-electron chi connectivity index (χ0n) is 55.1. The monoisotopic (exact) mass is 1130 g/mol. The summed E-state index contributed by atoms with van der Waals surface area (Å²) in [5.41, 5.74) is 31.8. The van der Waals surface area contributed by atoms with E-state index in [4.69, 9.17) is 0 Å². The number of anilines is 9. The molecule has 13 rings (SSSR count). The topological polar surface area (TPSA) is 9.72 Å². The summed E-state index contributed by atoms with van der Waals surface area (Å²) in [5, 5.41) is 0. The number of hydrogen-bond donors (Lipinski definition) is 0. The third-order valence-corrected chi connectivity index (χ3v) is 20.8. The normalized spacial score (nSPS) is 16.8. The molecule has 0 spiro atoms. The SMILES string of the molecule is Cc1cc2c3c(c1)N(c1ccc(C(C)(C)C)cc1-c1ccccc1)c1cc(N(c4ccc(C(C)(C)C)cc4)c4ccc(C(C)(C)C)cc4)ccc1B3c1cc3c(cc1N2c1cc2c(cc1C)C(C)(C)CCC2(C)C)C(C)(C)c1ccccc1C3(C)C. The van der Waals surface area contributed by atoms with Crippen LogP contribution in [0.1, 0.15) is 192 Å². The van der Waals surface area contributed by atoms with Gasteiger partial charge in [0.25, 0.3) is 6.71 Å². The maximum Gasteiger partial charge on any atom is 0.252 e. The van der Waals surface area contributed by atoms with Crippen molar-refractivity contribution in [1.82, 2.24) is 0 Å². The van der Waals surface area contributed by atoms with Gasteiger partial charge in [-0.25, -0.2) is 0 Å². The van der Waals surface area contributed by atoms with E-state index in [-0.39, 0.29) is 44.6 Å². The highest BCUT2D eigenvalue weighted by Crippen LogP contribution is 2.56. The van der Waals surface area contributed by atoms with Gasteiger partial charge < -0.3 is 14.7 Å². The average Bonchev–Trinajstić information content (AvgIpc) is 0.743. The van der Waals surface area contributed by atoms with Crippen molar-refractivity contribution >= 4 is 74.3 Å². The molecule has 86 heavy (non-hydrogen) atoms. The molecule has 4 heteroatoms. The summed E-state index contributed by atoms with van der Waals surface area (Å²) in [7, 11) is 0. The van der Waals surface area contributed by atoms with Gasteiger partial charge in [0.2, 0.25) is 0 Å². The van der Waals surface area contributed by atoms with Crippen LogP contribution in [0, 0.1) is 13.8 Å². The van der Waals surface area contributed by atoms with E-state index < -0.39 is 0 Å². The Morgan fingerprint density at radius 3 is 1.36 bits per heavy atom. The molecule has 0 amide bonds. The third kappa shape index (κ3) is 9.12. The van der Waals surface area contributed by atoms with E-state index in [1.54, 1.807) is 0 Å². The first-order chi connectivity index (χ1) is 40.4. The van der Waals surface area contributed by atoms with Crippen molar-refractivity contribution in [3.05, 3.63) is 237 Å². The molecule has 9 aromatic rings. The molecule has 436 valence electrons. The molecule has 0 saturated heterocycles. The van der Waals surface area contributed by atoms with E-state index in [2.05, 4.69) is 322 Å². The zero-order valence-corrected chi connectivity index (χ0v) is 55.1. The van der Waals surface area contributed by atoms with Crippen molar-refractivity contribution in [2.45, 2.75) is 182 Å². The standard InChI is InChI=1S/C82H90BN3/c1-51-43-73-75-74(44-51)86(70-49-64-63(45-52(70)2)79(12,13)41-42-80(64,14)15)72-50-66-65(81(16,17)61-27-23-24-28-62(61)82(66,18)19)48-68(72)83(75)67-39-38-59(47-71(67)85(73)69-40-33-56(78(9,10)11)46-60(69)53-25-21-20-22-26-53)84(57-34-29-54(30-35-57)76(3,4)5)58-36-31-55(32-37-58)77(6,7)8/h20-40,43-50H,41-42H2,1-19H3. The first-order valence-electron chi connectivity index (χ1n) is 31.9. The van der Waals surface area contributed by atoms with Gasteiger partial charge in [-0.3, -0.25) is 0 Å². The molecule has 2 aliphatic heterocycles. The van der Waals surface area contributed by atoms with Crippen LogP contribution in [0.4, 0.5) is 51.2 Å². The predicted molar refractivity (Wildman–Crippen MR) is 372 cm³/mol. The van der Waals surface area contributed by atoms with Gasteiger partial charge in [-0.2, -0.15) is 0 Å².